The Bertz CT molecular complexity index is 26.7. The Morgan fingerprint density at radius 2 is 2.33 bits per heavy atom. The van der Waals surface area contributed by atoms with E-state index in [-0.39, 0.29) is 0 Å². The molecule has 2 heteroatoms. The minimum absolute atomic E-state index is 0.861. The van der Waals surface area contributed by atoms with Gasteiger partial charge in [0.25, 0.3) is 0 Å². The molecule has 0 radical (unpaired) electrons. The molecule has 0 rings (SSSR count). The van der Waals surface area contributed by atoms with Crippen molar-refractivity contribution in [3.63, 3.8) is 0 Å². The Hall–Kier alpha value is 0.567. The lowest BCUT2D eigenvalue weighted by molar-refractivity contribution is 0.751. The van der Waals surface area contributed by atoms with Gasteiger partial charge in [-0.3, -0.25) is 0 Å². The molecule has 0 aliphatic heterocycles. The first-order valence-electron chi connectivity index (χ1n) is 2.42. The summed E-state index contributed by atoms with van der Waals surface area (Å²) in [6, 6.07) is 1.39. The van der Waals surface area contributed by atoms with Gasteiger partial charge in [0.1, 0.15) is 0 Å². The van der Waals surface area contributed by atoms with Gasteiger partial charge in [-0.1, -0.05) is 13.0 Å². The van der Waals surface area contributed by atoms with Crippen LogP contribution in [0, 0.1) is 5.92 Å². The first-order chi connectivity index (χ1) is 2.81. The van der Waals surface area contributed by atoms with Crippen molar-refractivity contribution in [3.05, 3.63) is 0 Å². The van der Waals surface area contributed by atoms with Crippen LogP contribution in [0.15, 0.2) is 0 Å². The van der Waals surface area contributed by atoms with Gasteiger partial charge in [-0.25, -0.2) is 0 Å². The molecule has 0 aromatic heterocycles. The molecule has 0 amide bonds. The summed E-state index contributed by atoms with van der Waals surface area (Å²) >= 11 is 4.12. The van der Waals surface area contributed by atoms with E-state index >= 15 is 0 Å². The van der Waals surface area contributed by atoms with Crippen molar-refractivity contribution in [2.24, 2.45) is 5.92 Å². The molecule has 38 valence electrons. The summed E-state index contributed by atoms with van der Waals surface area (Å²) in [7, 11) is 1.33. The first-order valence-corrected chi connectivity index (χ1v) is 4.46. The van der Waals surface area contributed by atoms with Crippen molar-refractivity contribution in [1.29, 1.82) is 0 Å². The van der Waals surface area contributed by atoms with Gasteiger partial charge in [0.05, 0.1) is 0 Å². The molecule has 0 bridgehead atoms. The van der Waals surface area contributed by atoms with Crippen LogP contribution < -0.4 is 0 Å². The summed E-state index contributed by atoms with van der Waals surface area (Å²) in [5, 5.41) is 0. The van der Waals surface area contributed by atoms with E-state index in [4.69, 9.17) is 0 Å². The fraction of sp³-hybridized carbons (Fsp3) is 1.00. The zero-order valence-electron chi connectivity index (χ0n) is 4.44. The minimum Gasteiger partial charge on any atom is -0.179 e. The second-order valence-electron chi connectivity index (χ2n) is 1.70. The van der Waals surface area contributed by atoms with Crippen LogP contribution in [0.3, 0.4) is 0 Å². The molecule has 0 N–H and O–H groups in total. The zero-order chi connectivity index (χ0) is 4.99. The van der Waals surface area contributed by atoms with Crippen LogP contribution in [-0.4, -0.2) is 16.0 Å². The van der Waals surface area contributed by atoms with Crippen LogP contribution in [0.25, 0.3) is 0 Å². The number of hydrogen-bond acceptors (Lipinski definition) is 1. The summed E-state index contributed by atoms with van der Waals surface area (Å²) in [5.74, 6) is 1.92. The van der Waals surface area contributed by atoms with Crippen LogP contribution in [0.4, 0.5) is 0 Å². The molecule has 0 aromatic rings. The lowest BCUT2D eigenvalue weighted by Gasteiger charge is -1.98. The highest BCUT2D eigenvalue weighted by molar-refractivity contribution is 7.80. The predicted octanol–water partition coefficient (Wildman–Crippen LogP) is 0.336. The second-order valence-corrected chi connectivity index (χ2v) is 2.88. The van der Waals surface area contributed by atoms with Crippen LogP contribution in [-0.2, 0) is 0 Å². The van der Waals surface area contributed by atoms with Gasteiger partial charge in [0.15, 0.2) is 0 Å². The Kier molecular flexibility index (Phi) is 4.10. The topological polar surface area (TPSA) is 0 Å². The maximum absolute atomic E-state index is 4.12. The maximum Gasteiger partial charge on any atom is 0.00317 e. The summed E-state index contributed by atoms with van der Waals surface area (Å²) in [5.41, 5.74) is 0. The Labute approximate surface area is 48.2 Å². The van der Waals surface area contributed by atoms with Gasteiger partial charge >= 0.3 is 0 Å². The van der Waals surface area contributed by atoms with Crippen molar-refractivity contribution < 1.29 is 0 Å². The third-order valence-corrected chi connectivity index (χ3v) is 3.03. The largest absolute Gasteiger partial charge is 0.179 e. The highest BCUT2D eigenvalue weighted by atomic mass is 32.1. The second kappa shape index (κ2) is 3.75. The van der Waals surface area contributed by atoms with Crippen LogP contribution in [0.5, 0.6) is 0 Å². The molecule has 0 saturated carbocycles. The van der Waals surface area contributed by atoms with Crippen molar-refractivity contribution >= 4 is 22.9 Å². The molecular formula is C4H12SSi. The highest BCUT2D eigenvalue weighted by Crippen LogP contribution is 1.99. The number of rotatable bonds is 2. The Morgan fingerprint density at radius 1 is 1.83 bits per heavy atom. The molecule has 1 atom stereocenters. The van der Waals surface area contributed by atoms with Crippen LogP contribution in [0.1, 0.15) is 6.92 Å². The molecular weight excluding hydrogens is 108 g/mol. The van der Waals surface area contributed by atoms with Gasteiger partial charge in [-0.2, -0.15) is 12.6 Å². The molecule has 0 aliphatic rings. The standard InChI is InChI=1S/C4H12SSi/c1-4(2-5)3-6/h4-5H,2-3H2,1,6H3. The lowest BCUT2D eigenvalue weighted by Crippen LogP contribution is -1.92. The molecule has 0 saturated heterocycles. The molecule has 0 nitrogen and oxygen atoms in total. The van der Waals surface area contributed by atoms with Crippen molar-refractivity contribution in [1.82, 2.24) is 0 Å². The molecule has 6 heavy (non-hydrogen) atoms. The maximum atomic E-state index is 4.12. The SMILES string of the molecule is CC(C[SiH3])CS. The highest BCUT2D eigenvalue weighted by Gasteiger charge is 1.89. The van der Waals surface area contributed by atoms with E-state index in [2.05, 4.69) is 19.6 Å². The lowest BCUT2D eigenvalue weighted by atomic mass is 10.3. The number of hydrogen-bond donors (Lipinski definition) is 1. The molecule has 0 fully saturated rings. The van der Waals surface area contributed by atoms with Crippen molar-refractivity contribution in [2.45, 2.75) is 13.0 Å². The summed E-state index contributed by atoms with van der Waals surface area (Å²) in [4.78, 5) is 0. The average Bonchev–Trinajstić information content (AvgIpc) is 1.65. The van der Waals surface area contributed by atoms with Gasteiger partial charge in [0.2, 0.25) is 0 Å². The third kappa shape index (κ3) is 2.79. The normalized spacial score (nSPS) is 15.0. The molecule has 0 aliphatic carbocycles. The summed E-state index contributed by atoms with van der Waals surface area (Å²) < 4.78 is 0. The summed E-state index contributed by atoms with van der Waals surface area (Å²) in [6.45, 7) is 2.24. The fourth-order valence-corrected chi connectivity index (χ4v) is 1.16. The quantitative estimate of drug-likeness (QED) is 0.394. The smallest absolute Gasteiger partial charge is 0.00317 e. The zero-order valence-corrected chi connectivity index (χ0v) is 7.33. The van der Waals surface area contributed by atoms with Crippen LogP contribution >= 0.6 is 12.6 Å². The number of thiol groups is 1. The fourth-order valence-electron chi connectivity index (χ4n) is 0.129. The molecule has 0 spiro atoms. The predicted molar refractivity (Wildman–Crippen MR) is 37.8 cm³/mol. The molecule has 1 unspecified atom stereocenters. The third-order valence-electron chi connectivity index (χ3n) is 1.01. The minimum atomic E-state index is 0.861. The average molecular weight is 120 g/mol. The van der Waals surface area contributed by atoms with E-state index in [1.54, 1.807) is 0 Å². The van der Waals surface area contributed by atoms with Crippen LogP contribution in [0.2, 0.25) is 6.04 Å². The first kappa shape index (κ1) is 6.57. The van der Waals surface area contributed by atoms with E-state index in [1.165, 1.54) is 16.3 Å². The van der Waals surface area contributed by atoms with Crippen molar-refractivity contribution in [2.75, 3.05) is 5.75 Å². The van der Waals surface area contributed by atoms with Crippen molar-refractivity contribution in [3.8, 4) is 0 Å². The Morgan fingerprint density at radius 3 is 2.33 bits per heavy atom. The Balaban J connectivity index is 2.75. The van der Waals surface area contributed by atoms with E-state index < -0.39 is 0 Å². The van der Waals surface area contributed by atoms with Gasteiger partial charge in [-0.15, -0.1) is 0 Å². The van der Waals surface area contributed by atoms with E-state index in [1.807, 2.05) is 0 Å². The molecule has 0 aromatic carbocycles. The monoisotopic (exact) mass is 120 g/mol. The van der Waals surface area contributed by atoms with Gasteiger partial charge in [0, 0.05) is 10.2 Å². The van der Waals surface area contributed by atoms with E-state index in [9.17, 15) is 0 Å². The van der Waals surface area contributed by atoms with E-state index in [0.717, 1.165) is 11.7 Å². The molecule has 0 heterocycles. The van der Waals surface area contributed by atoms with Gasteiger partial charge < -0.3 is 0 Å². The summed E-state index contributed by atoms with van der Waals surface area (Å²) in [6.07, 6.45) is 0. The van der Waals surface area contributed by atoms with E-state index in [0.29, 0.717) is 0 Å². The van der Waals surface area contributed by atoms with Gasteiger partial charge in [-0.05, 0) is 11.7 Å².